The van der Waals surface area contributed by atoms with Gasteiger partial charge in [0.15, 0.2) is 5.82 Å². The Morgan fingerprint density at radius 2 is 2.35 bits per heavy atom. The maximum Gasteiger partial charge on any atom is 0.232 e. The molecular weight excluding hydrogens is 280 g/mol. The van der Waals surface area contributed by atoms with Crippen LogP contribution in [-0.4, -0.2) is 29.0 Å². The quantitative estimate of drug-likeness (QED) is 0.581. The van der Waals surface area contributed by atoms with E-state index in [9.17, 15) is 0 Å². The molecule has 20 heavy (non-hydrogen) atoms. The van der Waals surface area contributed by atoms with Crippen molar-refractivity contribution in [1.82, 2.24) is 9.97 Å². The predicted octanol–water partition coefficient (Wildman–Crippen LogP) is 1.79. The summed E-state index contributed by atoms with van der Waals surface area (Å²) in [5.74, 6) is 0.999. The summed E-state index contributed by atoms with van der Waals surface area (Å²) in [6, 6.07) is 0. The van der Waals surface area contributed by atoms with Gasteiger partial charge in [0.25, 0.3) is 0 Å². The molecule has 5 N–H and O–H groups in total. The molecule has 0 amide bonds. The van der Waals surface area contributed by atoms with Gasteiger partial charge in [-0.15, -0.1) is 0 Å². The number of hydrogen-bond acceptors (Lipinski definition) is 7. The Hall–Kier alpha value is -2.02. The van der Waals surface area contributed by atoms with Gasteiger partial charge in [-0.25, -0.2) is 4.98 Å². The minimum absolute atomic E-state index is 0.0288. The molecule has 0 saturated heterocycles. The molecular formula is C12H17ClN6O. The van der Waals surface area contributed by atoms with E-state index in [1.54, 1.807) is 6.92 Å². The van der Waals surface area contributed by atoms with Gasteiger partial charge in [0.1, 0.15) is 10.7 Å². The number of ether oxygens (including phenoxy) is 1. The molecule has 0 aromatic carbocycles. The summed E-state index contributed by atoms with van der Waals surface area (Å²) in [6.45, 7) is 4.70. The van der Waals surface area contributed by atoms with Gasteiger partial charge in [-0.3, -0.25) is 5.41 Å². The maximum atomic E-state index is 7.93. The van der Waals surface area contributed by atoms with Crippen molar-refractivity contribution in [3.63, 3.8) is 0 Å². The highest BCUT2D eigenvalue weighted by Crippen LogP contribution is 2.21. The highest BCUT2D eigenvalue weighted by molar-refractivity contribution is 6.32. The molecule has 1 atom stereocenters. The molecule has 2 rings (SSSR count). The lowest BCUT2D eigenvalue weighted by molar-refractivity contribution is 0.253. The van der Waals surface area contributed by atoms with E-state index in [0.29, 0.717) is 41.3 Å². The van der Waals surface area contributed by atoms with Gasteiger partial charge in [-0.05, 0) is 6.92 Å². The van der Waals surface area contributed by atoms with E-state index in [1.807, 2.05) is 6.92 Å². The van der Waals surface area contributed by atoms with E-state index in [-0.39, 0.29) is 11.8 Å². The molecule has 7 nitrogen and oxygen atoms in total. The Morgan fingerprint density at radius 3 is 3.05 bits per heavy atom. The zero-order valence-corrected chi connectivity index (χ0v) is 12.1. The first-order chi connectivity index (χ1) is 9.47. The molecule has 1 aliphatic rings. The Balaban J connectivity index is 2.40. The van der Waals surface area contributed by atoms with Gasteiger partial charge in [-0.2, -0.15) is 4.98 Å². The van der Waals surface area contributed by atoms with Crippen LogP contribution in [0.3, 0.4) is 0 Å². The number of hydrogen-bond donors (Lipinski definition) is 4. The lowest BCUT2D eigenvalue weighted by Gasteiger charge is -2.15. The summed E-state index contributed by atoms with van der Waals surface area (Å²) in [7, 11) is 0. The number of nitrogens with two attached hydrogens (primary N) is 1. The van der Waals surface area contributed by atoms with Crippen LogP contribution in [0.5, 0.6) is 0 Å². The Kier molecular flexibility index (Phi) is 4.29. The maximum absolute atomic E-state index is 7.93. The van der Waals surface area contributed by atoms with Gasteiger partial charge in [-0.1, -0.05) is 18.5 Å². The third-order valence-corrected chi connectivity index (χ3v) is 3.01. The molecule has 0 aliphatic carbocycles. The van der Waals surface area contributed by atoms with E-state index < -0.39 is 0 Å². The van der Waals surface area contributed by atoms with Gasteiger partial charge in [0.05, 0.1) is 12.8 Å². The number of aromatic nitrogens is 2. The van der Waals surface area contributed by atoms with Crippen molar-refractivity contribution in [2.24, 2.45) is 11.7 Å². The third kappa shape index (κ3) is 3.30. The molecule has 0 saturated carbocycles. The fourth-order valence-corrected chi connectivity index (χ4v) is 1.78. The fraction of sp³-hybridized carbons (Fsp3) is 0.417. The monoisotopic (exact) mass is 296 g/mol. The van der Waals surface area contributed by atoms with Crippen molar-refractivity contribution in [2.45, 2.75) is 13.8 Å². The number of nitrogens with zero attached hydrogens (tertiary/aromatic N) is 2. The lowest BCUT2D eigenvalue weighted by atomic mass is 10.2. The average Bonchev–Trinajstić information content (AvgIpc) is 2.43. The minimum Gasteiger partial charge on any atom is -0.476 e. The second-order valence-electron chi connectivity index (χ2n) is 4.70. The van der Waals surface area contributed by atoms with Crippen molar-refractivity contribution in [2.75, 3.05) is 23.8 Å². The smallest absolute Gasteiger partial charge is 0.232 e. The van der Waals surface area contributed by atoms with E-state index in [2.05, 4.69) is 20.6 Å². The van der Waals surface area contributed by atoms with Gasteiger partial charge in [0, 0.05) is 18.2 Å². The molecule has 8 heteroatoms. The van der Waals surface area contributed by atoms with Crippen LogP contribution in [0.25, 0.3) is 0 Å². The summed E-state index contributed by atoms with van der Waals surface area (Å²) in [6.07, 6.45) is 1.50. The van der Waals surface area contributed by atoms with Crippen molar-refractivity contribution >= 4 is 29.3 Å². The van der Waals surface area contributed by atoms with E-state index in [1.165, 1.54) is 6.20 Å². The standard InChI is InChI=1S/C12H17ClN6O/c1-6-3-16-11-8(13)4-17-12(19-11)18-9(7(2)14)10(15)20-5-6/h4,6,15H,3,5,14H2,1-2H3,(H2,16,17,18,19)/b9-7+,15-10?. The molecule has 2 heterocycles. The topological polar surface area (TPSA) is 109 Å². The first-order valence-electron chi connectivity index (χ1n) is 6.19. The summed E-state index contributed by atoms with van der Waals surface area (Å²) in [5.41, 5.74) is 6.55. The van der Waals surface area contributed by atoms with Crippen molar-refractivity contribution in [3.8, 4) is 0 Å². The summed E-state index contributed by atoms with van der Waals surface area (Å²) < 4.78 is 5.42. The van der Waals surface area contributed by atoms with Crippen molar-refractivity contribution in [1.29, 1.82) is 5.41 Å². The molecule has 1 unspecified atom stereocenters. The first kappa shape index (κ1) is 14.4. The predicted molar refractivity (Wildman–Crippen MR) is 78.9 cm³/mol. The molecule has 1 aromatic heterocycles. The lowest BCUT2D eigenvalue weighted by Crippen LogP contribution is -2.22. The number of anilines is 2. The van der Waals surface area contributed by atoms with Crippen molar-refractivity contribution < 1.29 is 4.74 Å². The molecule has 108 valence electrons. The average molecular weight is 297 g/mol. The Labute approximate surface area is 122 Å². The molecule has 0 fully saturated rings. The zero-order valence-electron chi connectivity index (χ0n) is 11.3. The normalized spacial score (nSPS) is 21.9. The number of nitrogens with one attached hydrogen (secondary N) is 3. The SMILES string of the molecule is C/C(N)=C1\Nc2ncc(Cl)c(n2)NCC(C)COC1=N. The highest BCUT2D eigenvalue weighted by Gasteiger charge is 2.16. The summed E-state index contributed by atoms with van der Waals surface area (Å²) in [5, 5.41) is 14.4. The summed E-state index contributed by atoms with van der Waals surface area (Å²) in [4.78, 5) is 8.33. The Bertz CT molecular complexity index is 555. The molecule has 0 spiro atoms. The molecule has 0 radical (unpaired) electrons. The molecule has 1 aliphatic heterocycles. The van der Waals surface area contributed by atoms with Crippen LogP contribution in [0.1, 0.15) is 13.8 Å². The van der Waals surface area contributed by atoms with Crippen molar-refractivity contribution in [3.05, 3.63) is 22.6 Å². The Morgan fingerprint density at radius 1 is 1.60 bits per heavy atom. The molecule has 1 aromatic rings. The number of fused-ring (bicyclic) bond motifs is 2. The number of halogens is 1. The van der Waals surface area contributed by atoms with E-state index in [4.69, 9.17) is 27.5 Å². The van der Waals surface area contributed by atoms with Crippen LogP contribution in [0.4, 0.5) is 11.8 Å². The van der Waals surface area contributed by atoms with Crippen LogP contribution in [0.15, 0.2) is 17.6 Å². The van der Waals surface area contributed by atoms with Crippen LogP contribution in [-0.2, 0) is 4.74 Å². The van der Waals surface area contributed by atoms with Gasteiger partial charge in [0.2, 0.25) is 11.8 Å². The van der Waals surface area contributed by atoms with Crippen LogP contribution in [0.2, 0.25) is 5.02 Å². The second-order valence-corrected chi connectivity index (χ2v) is 5.11. The van der Waals surface area contributed by atoms with Gasteiger partial charge >= 0.3 is 0 Å². The fourth-order valence-electron chi connectivity index (χ4n) is 1.63. The third-order valence-electron chi connectivity index (χ3n) is 2.73. The van der Waals surface area contributed by atoms with Crippen LogP contribution in [0, 0.1) is 11.3 Å². The second kappa shape index (κ2) is 5.96. The van der Waals surface area contributed by atoms with E-state index in [0.717, 1.165) is 0 Å². The number of rotatable bonds is 0. The summed E-state index contributed by atoms with van der Waals surface area (Å²) >= 11 is 6.04. The molecule has 2 bridgehead atoms. The van der Waals surface area contributed by atoms with E-state index >= 15 is 0 Å². The largest absolute Gasteiger partial charge is 0.476 e. The zero-order chi connectivity index (χ0) is 14.7. The highest BCUT2D eigenvalue weighted by atomic mass is 35.5. The minimum atomic E-state index is -0.0288. The number of allylic oxidation sites excluding steroid dienone is 1. The van der Waals surface area contributed by atoms with Crippen LogP contribution < -0.4 is 16.4 Å². The van der Waals surface area contributed by atoms with Crippen LogP contribution >= 0.6 is 11.6 Å². The first-order valence-corrected chi connectivity index (χ1v) is 6.56. The van der Waals surface area contributed by atoms with Gasteiger partial charge < -0.3 is 21.1 Å².